The number of para-hydroxylation sites is 1. The number of nitrogens with one attached hydrogen (secondary N) is 1. The lowest BCUT2D eigenvalue weighted by Crippen LogP contribution is -2.30. The molecular formula is C20H17Cl2NO4. The van der Waals surface area contributed by atoms with Crippen LogP contribution < -0.4 is 5.32 Å². The third kappa shape index (κ3) is 4.43. The minimum atomic E-state index is -1.01. The van der Waals surface area contributed by atoms with Crippen molar-refractivity contribution in [1.29, 1.82) is 0 Å². The third-order valence-corrected chi connectivity index (χ3v) is 4.66. The van der Waals surface area contributed by atoms with E-state index in [2.05, 4.69) is 5.32 Å². The van der Waals surface area contributed by atoms with Crippen LogP contribution in [0.5, 0.6) is 0 Å². The van der Waals surface area contributed by atoms with Crippen LogP contribution in [0.1, 0.15) is 18.1 Å². The van der Waals surface area contributed by atoms with E-state index in [1.807, 2.05) is 25.1 Å². The van der Waals surface area contributed by atoms with Gasteiger partial charge in [-0.25, -0.2) is 0 Å². The van der Waals surface area contributed by atoms with Gasteiger partial charge in [0.1, 0.15) is 5.58 Å². The fourth-order valence-electron chi connectivity index (χ4n) is 2.62. The molecule has 140 valence electrons. The highest BCUT2D eigenvalue weighted by atomic mass is 35.5. The van der Waals surface area contributed by atoms with Gasteiger partial charge in [0.05, 0.1) is 28.4 Å². The van der Waals surface area contributed by atoms with Crippen molar-refractivity contribution in [3.05, 3.63) is 63.8 Å². The maximum atomic E-state index is 12.3. The molecule has 1 N–H and O–H groups in total. The molecule has 0 bridgehead atoms. The molecule has 0 aliphatic heterocycles. The minimum absolute atomic E-state index is 0.000526. The fraction of sp³-hybridized carbons (Fsp3) is 0.200. The normalized spacial score (nSPS) is 12.0. The van der Waals surface area contributed by atoms with Crippen LogP contribution in [0, 0.1) is 6.92 Å². The number of carbonyl (C=O) groups is 2. The van der Waals surface area contributed by atoms with Crippen molar-refractivity contribution < 1.29 is 18.7 Å². The first-order valence-electron chi connectivity index (χ1n) is 8.26. The predicted molar refractivity (Wildman–Crippen MR) is 105 cm³/mol. The van der Waals surface area contributed by atoms with E-state index in [1.54, 1.807) is 18.2 Å². The van der Waals surface area contributed by atoms with Crippen molar-refractivity contribution in [3.63, 3.8) is 0 Å². The van der Waals surface area contributed by atoms with Crippen molar-refractivity contribution in [2.75, 3.05) is 5.32 Å². The summed E-state index contributed by atoms with van der Waals surface area (Å²) in [5.74, 6) is -1.06. The molecule has 0 aliphatic carbocycles. The van der Waals surface area contributed by atoms with E-state index in [4.69, 9.17) is 32.4 Å². The molecule has 1 atom stereocenters. The van der Waals surface area contributed by atoms with E-state index in [-0.39, 0.29) is 12.1 Å². The molecule has 3 rings (SSSR count). The highest BCUT2D eigenvalue weighted by Gasteiger charge is 2.21. The van der Waals surface area contributed by atoms with Crippen molar-refractivity contribution >= 4 is 51.7 Å². The molecule has 1 aromatic heterocycles. The number of furan rings is 1. The van der Waals surface area contributed by atoms with Crippen molar-refractivity contribution in [2.24, 2.45) is 0 Å². The van der Waals surface area contributed by atoms with Crippen molar-refractivity contribution in [3.8, 4) is 0 Å². The second kappa shape index (κ2) is 8.03. The molecule has 0 saturated heterocycles. The van der Waals surface area contributed by atoms with Gasteiger partial charge >= 0.3 is 5.97 Å². The van der Waals surface area contributed by atoms with Gasteiger partial charge in [0.25, 0.3) is 5.91 Å². The van der Waals surface area contributed by atoms with Gasteiger partial charge in [-0.2, -0.15) is 0 Å². The first kappa shape index (κ1) is 19.3. The smallest absolute Gasteiger partial charge is 0.311 e. The first-order chi connectivity index (χ1) is 12.8. The Hall–Kier alpha value is -2.50. The maximum Gasteiger partial charge on any atom is 0.311 e. The number of anilines is 1. The van der Waals surface area contributed by atoms with Crippen LogP contribution in [0.2, 0.25) is 10.0 Å². The van der Waals surface area contributed by atoms with Crippen LogP contribution in [0.25, 0.3) is 11.0 Å². The van der Waals surface area contributed by atoms with Gasteiger partial charge in [0.15, 0.2) is 6.10 Å². The summed E-state index contributed by atoms with van der Waals surface area (Å²) in [6.45, 7) is 3.44. The summed E-state index contributed by atoms with van der Waals surface area (Å²) in [6, 6.07) is 10.6. The lowest BCUT2D eigenvalue weighted by molar-refractivity contribution is -0.152. The molecule has 1 heterocycles. The third-order valence-electron chi connectivity index (χ3n) is 4.03. The van der Waals surface area contributed by atoms with Gasteiger partial charge < -0.3 is 14.5 Å². The Morgan fingerprint density at radius 1 is 1.19 bits per heavy atom. The number of fused-ring (bicyclic) bond motifs is 1. The van der Waals surface area contributed by atoms with E-state index in [0.717, 1.165) is 10.9 Å². The number of hydrogen-bond donors (Lipinski definition) is 1. The van der Waals surface area contributed by atoms with Crippen LogP contribution in [-0.2, 0) is 20.7 Å². The van der Waals surface area contributed by atoms with Gasteiger partial charge in [-0.05, 0) is 37.6 Å². The second-order valence-corrected chi connectivity index (χ2v) is 6.97. The molecular weight excluding hydrogens is 389 g/mol. The molecule has 0 unspecified atom stereocenters. The topological polar surface area (TPSA) is 68.5 Å². The Morgan fingerprint density at radius 2 is 1.89 bits per heavy atom. The average Bonchev–Trinajstić information content (AvgIpc) is 2.99. The van der Waals surface area contributed by atoms with E-state index < -0.39 is 18.0 Å². The fourth-order valence-corrected chi connectivity index (χ4v) is 3.11. The van der Waals surface area contributed by atoms with Gasteiger partial charge in [0.2, 0.25) is 0 Å². The number of ether oxygens (including phenoxy) is 1. The van der Waals surface area contributed by atoms with Crippen LogP contribution in [0.15, 0.2) is 47.1 Å². The molecule has 27 heavy (non-hydrogen) atoms. The van der Waals surface area contributed by atoms with E-state index in [9.17, 15) is 9.59 Å². The molecule has 0 spiro atoms. The first-order valence-corrected chi connectivity index (χ1v) is 9.02. The average molecular weight is 406 g/mol. The van der Waals surface area contributed by atoms with Crippen LogP contribution in [-0.4, -0.2) is 18.0 Å². The van der Waals surface area contributed by atoms with Crippen molar-refractivity contribution in [1.82, 2.24) is 0 Å². The number of benzene rings is 2. The number of rotatable bonds is 5. The zero-order valence-electron chi connectivity index (χ0n) is 14.7. The summed E-state index contributed by atoms with van der Waals surface area (Å²) in [5, 5.41) is 4.03. The van der Waals surface area contributed by atoms with E-state index >= 15 is 0 Å². The van der Waals surface area contributed by atoms with Gasteiger partial charge in [0, 0.05) is 10.9 Å². The zero-order valence-corrected chi connectivity index (χ0v) is 16.2. The highest BCUT2D eigenvalue weighted by Crippen LogP contribution is 2.30. The van der Waals surface area contributed by atoms with Crippen LogP contribution in [0.3, 0.4) is 0 Å². The van der Waals surface area contributed by atoms with E-state index in [0.29, 0.717) is 21.2 Å². The Kier molecular flexibility index (Phi) is 5.73. The number of carbonyl (C=O) groups excluding carboxylic acids is 2. The molecule has 0 saturated carbocycles. The molecule has 5 nitrogen and oxygen atoms in total. The van der Waals surface area contributed by atoms with Gasteiger partial charge in [-0.15, -0.1) is 0 Å². The summed E-state index contributed by atoms with van der Waals surface area (Å²) in [4.78, 5) is 24.5. The molecule has 0 fully saturated rings. The van der Waals surface area contributed by atoms with Gasteiger partial charge in [-0.1, -0.05) is 41.4 Å². The minimum Gasteiger partial charge on any atom is -0.464 e. The maximum absolute atomic E-state index is 12.3. The summed E-state index contributed by atoms with van der Waals surface area (Å²) < 4.78 is 10.7. The number of hydrogen-bond acceptors (Lipinski definition) is 4. The lowest BCUT2D eigenvalue weighted by atomic mass is 10.1. The molecule has 3 aromatic rings. The number of aryl methyl sites for hydroxylation is 1. The quantitative estimate of drug-likeness (QED) is 0.595. The SMILES string of the molecule is Cc1ccc2c(CC(=O)O[C@@H](C)C(=O)Nc3c(Cl)cccc3Cl)coc2c1. The summed E-state index contributed by atoms with van der Waals surface area (Å²) >= 11 is 12.1. The number of halogens is 2. The molecule has 0 aliphatic rings. The largest absolute Gasteiger partial charge is 0.464 e. The summed E-state index contributed by atoms with van der Waals surface area (Å²) in [7, 11) is 0. The Bertz CT molecular complexity index is 992. The van der Waals surface area contributed by atoms with Crippen LogP contribution in [0.4, 0.5) is 5.69 Å². The zero-order chi connectivity index (χ0) is 19.6. The number of esters is 1. The Morgan fingerprint density at radius 3 is 2.59 bits per heavy atom. The molecule has 0 radical (unpaired) electrons. The standard InChI is InChI=1S/C20H17Cl2NO4/c1-11-6-7-14-13(10-26-17(14)8-11)9-18(24)27-12(2)20(25)23-19-15(21)4-3-5-16(19)22/h3-8,10,12H,9H2,1-2H3,(H,23,25)/t12-/m0/s1. The second-order valence-electron chi connectivity index (χ2n) is 6.16. The Labute approximate surface area is 166 Å². The highest BCUT2D eigenvalue weighted by molar-refractivity contribution is 6.39. The lowest BCUT2D eigenvalue weighted by Gasteiger charge is -2.15. The molecule has 2 aromatic carbocycles. The monoisotopic (exact) mass is 405 g/mol. The van der Waals surface area contributed by atoms with Gasteiger partial charge in [-0.3, -0.25) is 9.59 Å². The van der Waals surface area contributed by atoms with E-state index in [1.165, 1.54) is 13.2 Å². The molecule has 7 heteroatoms. The number of amides is 1. The van der Waals surface area contributed by atoms with Crippen molar-refractivity contribution in [2.45, 2.75) is 26.4 Å². The Balaban J connectivity index is 1.63. The molecule has 1 amide bonds. The predicted octanol–water partition coefficient (Wildman–Crippen LogP) is 5.16. The summed E-state index contributed by atoms with van der Waals surface area (Å²) in [6.07, 6.45) is 0.519. The van der Waals surface area contributed by atoms with Crippen LogP contribution >= 0.6 is 23.2 Å². The summed E-state index contributed by atoms with van der Waals surface area (Å²) in [5.41, 5.74) is 2.76.